The maximum absolute atomic E-state index is 9.34. The Hall–Kier alpha value is -1.42. The third kappa shape index (κ3) is 0.887. The van der Waals surface area contributed by atoms with Gasteiger partial charge in [-0.25, -0.2) is 0 Å². The first-order valence-corrected chi connectivity index (χ1v) is 3.66. The Kier molecular flexibility index (Phi) is 1.38. The molecule has 1 heterocycles. The van der Waals surface area contributed by atoms with Crippen LogP contribution in [0, 0.1) is 0 Å². The Morgan fingerprint density at radius 1 is 1.25 bits per heavy atom. The number of rotatable bonds is 0. The fourth-order valence-corrected chi connectivity index (χ4v) is 1.34. The van der Waals surface area contributed by atoms with Crippen LogP contribution in [-0.2, 0) is 0 Å². The highest BCUT2D eigenvalue weighted by atomic mass is 16.3. The van der Waals surface area contributed by atoms with Gasteiger partial charge in [0, 0.05) is 23.9 Å². The fourth-order valence-electron chi connectivity index (χ4n) is 1.34. The molecule has 1 atom stereocenters. The van der Waals surface area contributed by atoms with E-state index < -0.39 is 6.10 Å². The van der Waals surface area contributed by atoms with Crippen molar-refractivity contribution in [3.8, 4) is 11.5 Å². The molecule has 0 saturated heterocycles. The molecule has 0 radical (unpaired) electrons. The van der Waals surface area contributed by atoms with E-state index in [1.165, 1.54) is 12.1 Å². The van der Waals surface area contributed by atoms with Crippen molar-refractivity contribution in [1.82, 2.24) is 0 Å². The molecule has 0 fully saturated rings. The van der Waals surface area contributed by atoms with Gasteiger partial charge in [-0.3, -0.25) is 0 Å². The molecular weight excluding hydrogens is 158 g/mol. The van der Waals surface area contributed by atoms with Gasteiger partial charge in [0.2, 0.25) is 0 Å². The summed E-state index contributed by atoms with van der Waals surface area (Å²) in [6.07, 6.45) is -0.591. The Balaban J connectivity index is 2.56. The van der Waals surface area contributed by atoms with Gasteiger partial charge in [0.15, 0.2) is 11.5 Å². The largest absolute Gasteiger partial charge is 0.504 e. The number of hydrogen-bond acceptors (Lipinski definition) is 4. The SMILES string of the molecule is Oc1cc2c(cc1O)[C@H](O)CN2. The van der Waals surface area contributed by atoms with E-state index in [-0.39, 0.29) is 11.5 Å². The van der Waals surface area contributed by atoms with Crippen molar-refractivity contribution in [3.05, 3.63) is 17.7 Å². The van der Waals surface area contributed by atoms with Crippen molar-refractivity contribution in [2.75, 3.05) is 11.9 Å². The number of aliphatic hydroxyl groups is 1. The second kappa shape index (κ2) is 2.28. The first-order valence-electron chi connectivity index (χ1n) is 3.66. The van der Waals surface area contributed by atoms with Crippen LogP contribution < -0.4 is 5.32 Å². The summed E-state index contributed by atoms with van der Waals surface area (Å²) in [7, 11) is 0. The van der Waals surface area contributed by atoms with Crippen molar-refractivity contribution >= 4 is 5.69 Å². The number of β-amino-alcohol motifs (C(OH)–C–C–N with tert-alkyl or cyclic N) is 1. The lowest BCUT2D eigenvalue weighted by Crippen LogP contribution is -1.98. The molecule has 12 heavy (non-hydrogen) atoms. The molecule has 0 amide bonds. The number of anilines is 1. The van der Waals surface area contributed by atoms with Crippen LogP contribution in [0.1, 0.15) is 11.7 Å². The van der Waals surface area contributed by atoms with Crippen molar-refractivity contribution in [2.24, 2.45) is 0 Å². The Morgan fingerprint density at radius 2 is 1.92 bits per heavy atom. The Morgan fingerprint density at radius 3 is 2.67 bits per heavy atom. The lowest BCUT2D eigenvalue weighted by atomic mass is 10.1. The maximum Gasteiger partial charge on any atom is 0.159 e. The minimum absolute atomic E-state index is 0.171. The summed E-state index contributed by atoms with van der Waals surface area (Å²) in [5.74, 6) is -0.369. The first-order chi connectivity index (χ1) is 5.68. The second-order valence-electron chi connectivity index (χ2n) is 2.82. The van der Waals surface area contributed by atoms with Crippen LogP contribution >= 0.6 is 0 Å². The van der Waals surface area contributed by atoms with Gasteiger partial charge in [0.25, 0.3) is 0 Å². The van der Waals surface area contributed by atoms with Gasteiger partial charge in [-0.15, -0.1) is 0 Å². The second-order valence-corrected chi connectivity index (χ2v) is 2.82. The lowest BCUT2D eigenvalue weighted by Gasteiger charge is -2.03. The zero-order valence-electron chi connectivity index (χ0n) is 6.28. The molecule has 0 aromatic heterocycles. The maximum atomic E-state index is 9.34. The monoisotopic (exact) mass is 167 g/mol. The average Bonchev–Trinajstić information content (AvgIpc) is 2.35. The van der Waals surface area contributed by atoms with Gasteiger partial charge in [-0.2, -0.15) is 0 Å². The van der Waals surface area contributed by atoms with Crippen molar-refractivity contribution in [3.63, 3.8) is 0 Å². The number of aliphatic hydroxyl groups excluding tert-OH is 1. The summed E-state index contributed by atoms with van der Waals surface area (Å²) in [5.41, 5.74) is 1.31. The summed E-state index contributed by atoms with van der Waals surface area (Å²) < 4.78 is 0. The van der Waals surface area contributed by atoms with Crippen LogP contribution in [0.15, 0.2) is 12.1 Å². The number of aromatic hydroxyl groups is 2. The molecule has 0 saturated carbocycles. The van der Waals surface area contributed by atoms with Gasteiger partial charge in [0.1, 0.15) is 0 Å². The minimum atomic E-state index is -0.591. The highest BCUT2D eigenvalue weighted by Gasteiger charge is 2.21. The predicted molar refractivity (Wildman–Crippen MR) is 43.2 cm³/mol. The smallest absolute Gasteiger partial charge is 0.159 e. The number of fused-ring (bicyclic) bond motifs is 1. The van der Waals surface area contributed by atoms with Gasteiger partial charge in [0.05, 0.1) is 6.10 Å². The van der Waals surface area contributed by atoms with Crippen LogP contribution in [0.4, 0.5) is 5.69 Å². The van der Waals surface area contributed by atoms with Crippen molar-refractivity contribution in [2.45, 2.75) is 6.10 Å². The van der Waals surface area contributed by atoms with Crippen molar-refractivity contribution in [1.29, 1.82) is 0 Å². The van der Waals surface area contributed by atoms with E-state index in [2.05, 4.69) is 5.32 Å². The summed E-state index contributed by atoms with van der Waals surface area (Å²) in [5, 5.41) is 30.4. The van der Waals surface area contributed by atoms with E-state index in [0.717, 1.165) is 0 Å². The molecule has 64 valence electrons. The van der Waals surface area contributed by atoms with E-state index in [0.29, 0.717) is 17.8 Å². The summed E-state index contributed by atoms with van der Waals surface area (Å²) in [6.45, 7) is 0.429. The van der Waals surface area contributed by atoms with Gasteiger partial charge in [-0.05, 0) is 6.07 Å². The fraction of sp³-hybridized carbons (Fsp3) is 0.250. The average molecular weight is 167 g/mol. The summed E-state index contributed by atoms with van der Waals surface area (Å²) >= 11 is 0. The van der Waals surface area contributed by atoms with Crippen LogP contribution in [0.3, 0.4) is 0 Å². The predicted octanol–water partition coefficient (Wildman–Crippen LogP) is 0.557. The van der Waals surface area contributed by atoms with E-state index >= 15 is 0 Å². The third-order valence-electron chi connectivity index (χ3n) is 1.99. The van der Waals surface area contributed by atoms with Crippen LogP contribution in [0.5, 0.6) is 11.5 Å². The lowest BCUT2D eigenvalue weighted by molar-refractivity contribution is 0.199. The normalized spacial score (nSPS) is 20.2. The molecule has 4 nitrogen and oxygen atoms in total. The molecule has 4 heteroatoms. The number of nitrogens with one attached hydrogen (secondary N) is 1. The number of phenols is 2. The molecule has 1 aromatic rings. The van der Waals surface area contributed by atoms with E-state index in [4.69, 9.17) is 10.2 Å². The van der Waals surface area contributed by atoms with Gasteiger partial charge in [-0.1, -0.05) is 0 Å². The molecule has 2 rings (SSSR count). The molecule has 0 aliphatic carbocycles. The van der Waals surface area contributed by atoms with Crippen LogP contribution in [0.25, 0.3) is 0 Å². The number of benzene rings is 1. The summed E-state index contributed by atoms with van der Waals surface area (Å²) in [4.78, 5) is 0. The minimum Gasteiger partial charge on any atom is -0.504 e. The van der Waals surface area contributed by atoms with Crippen LogP contribution in [-0.4, -0.2) is 21.9 Å². The standard InChI is InChI=1S/C8H9NO3/c10-6-1-4-5(2-7(6)11)9-3-8(4)12/h1-2,8-12H,3H2/t8-/m1/s1. The Bertz CT molecular complexity index is 324. The third-order valence-corrected chi connectivity index (χ3v) is 1.99. The van der Waals surface area contributed by atoms with E-state index in [9.17, 15) is 5.11 Å². The van der Waals surface area contributed by atoms with Gasteiger partial charge >= 0.3 is 0 Å². The quantitative estimate of drug-likeness (QED) is 0.336. The number of hydrogen-bond donors (Lipinski definition) is 4. The van der Waals surface area contributed by atoms with Crippen molar-refractivity contribution < 1.29 is 15.3 Å². The topological polar surface area (TPSA) is 72.7 Å². The van der Waals surface area contributed by atoms with E-state index in [1.54, 1.807) is 0 Å². The first kappa shape index (κ1) is 7.24. The molecule has 0 bridgehead atoms. The highest BCUT2D eigenvalue weighted by Crippen LogP contribution is 2.37. The summed E-state index contributed by atoms with van der Waals surface area (Å²) in [6, 6.07) is 2.77. The van der Waals surface area contributed by atoms with Crippen LogP contribution in [0.2, 0.25) is 0 Å². The Labute approximate surface area is 69.1 Å². The zero-order chi connectivity index (χ0) is 8.72. The molecule has 1 aliphatic heterocycles. The molecule has 1 aromatic carbocycles. The zero-order valence-corrected chi connectivity index (χ0v) is 6.28. The van der Waals surface area contributed by atoms with Gasteiger partial charge < -0.3 is 20.6 Å². The molecule has 4 N–H and O–H groups in total. The highest BCUT2D eigenvalue weighted by molar-refractivity contribution is 5.63. The molecular formula is C8H9NO3. The number of phenolic OH excluding ortho intramolecular Hbond substituents is 2. The molecule has 0 unspecified atom stereocenters. The molecule has 1 aliphatic rings. The molecule has 0 spiro atoms. The van der Waals surface area contributed by atoms with E-state index in [1.807, 2.05) is 0 Å².